The van der Waals surface area contributed by atoms with Crippen molar-refractivity contribution in [2.24, 2.45) is 0 Å². The maximum absolute atomic E-state index is 6.10. The van der Waals surface area contributed by atoms with Crippen LogP contribution in [0.3, 0.4) is 0 Å². The zero-order valence-corrected chi connectivity index (χ0v) is 9.73. The van der Waals surface area contributed by atoms with Crippen LogP contribution in [0, 0.1) is 6.92 Å². The Kier molecular flexibility index (Phi) is 1.91. The fourth-order valence-electron chi connectivity index (χ4n) is 2.00. The summed E-state index contributed by atoms with van der Waals surface area (Å²) in [4.78, 5) is 6.15. The SMILES string of the molecule is Cc1nnn2c1CN(C)c1c-2ccnc1Cl. The van der Waals surface area contributed by atoms with Crippen LogP contribution in [0.4, 0.5) is 5.69 Å². The molecule has 0 spiro atoms. The second kappa shape index (κ2) is 3.18. The standard InChI is InChI=1S/C10H10ClN5/c1-6-8-5-15(2)9-7(16(8)14-13-6)3-4-12-10(9)11/h3-4H,5H2,1-2H3. The average molecular weight is 236 g/mol. The van der Waals surface area contributed by atoms with Gasteiger partial charge in [-0.3, -0.25) is 0 Å². The van der Waals surface area contributed by atoms with Crippen LogP contribution >= 0.6 is 11.6 Å². The Balaban J connectivity index is 2.33. The number of rotatable bonds is 0. The van der Waals surface area contributed by atoms with Gasteiger partial charge < -0.3 is 4.90 Å². The highest BCUT2D eigenvalue weighted by Gasteiger charge is 2.25. The number of halogens is 1. The van der Waals surface area contributed by atoms with E-state index in [4.69, 9.17) is 11.6 Å². The van der Waals surface area contributed by atoms with Crippen LogP contribution in [-0.2, 0) is 6.54 Å². The van der Waals surface area contributed by atoms with E-state index in [9.17, 15) is 0 Å². The van der Waals surface area contributed by atoms with Gasteiger partial charge in [-0.2, -0.15) is 0 Å². The van der Waals surface area contributed by atoms with Gasteiger partial charge in [0.2, 0.25) is 0 Å². The van der Waals surface area contributed by atoms with Crippen molar-refractivity contribution in [1.29, 1.82) is 0 Å². The van der Waals surface area contributed by atoms with Crippen LogP contribution in [0.2, 0.25) is 5.15 Å². The maximum atomic E-state index is 6.10. The molecule has 0 N–H and O–H groups in total. The Morgan fingerprint density at radius 3 is 3.06 bits per heavy atom. The first kappa shape index (κ1) is 9.59. The molecule has 0 aromatic carbocycles. The van der Waals surface area contributed by atoms with E-state index in [0.717, 1.165) is 29.3 Å². The van der Waals surface area contributed by atoms with Crippen molar-refractivity contribution in [2.45, 2.75) is 13.5 Å². The molecule has 0 amide bonds. The lowest BCUT2D eigenvalue weighted by Crippen LogP contribution is -2.26. The van der Waals surface area contributed by atoms with Crippen molar-refractivity contribution in [3.8, 4) is 5.69 Å². The molecule has 2 aromatic rings. The molecule has 0 unspecified atom stereocenters. The molecular weight excluding hydrogens is 226 g/mol. The highest BCUT2D eigenvalue weighted by Crippen LogP contribution is 2.35. The molecule has 1 aliphatic rings. The molecule has 0 saturated carbocycles. The third kappa shape index (κ3) is 1.15. The molecule has 0 fully saturated rings. The summed E-state index contributed by atoms with van der Waals surface area (Å²) < 4.78 is 1.83. The number of anilines is 1. The number of fused-ring (bicyclic) bond motifs is 3. The molecule has 0 bridgehead atoms. The first-order valence-corrected chi connectivity index (χ1v) is 5.33. The van der Waals surface area contributed by atoms with Gasteiger partial charge in [0.25, 0.3) is 0 Å². The summed E-state index contributed by atoms with van der Waals surface area (Å²) in [5.74, 6) is 0. The van der Waals surface area contributed by atoms with Gasteiger partial charge in [0.15, 0.2) is 5.15 Å². The third-order valence-corrected chi connectivity index (χ3v) is 3.09. The van der Waals surface area contributed by atoms with Crippen molar-refractivity contribution < 1.29 is 0 Å². The predicted octanol–water partition coefficient (Wildman–Crippen LogP) is 1.57. The molecule has 16 heavy (non-hydrogen) atoms. The van der Waals surface area contributed by atoms with Gasteiger partial charge >= 0.3 is 0 Å². The van der Waals surface area contributed by atoms with Crippen molar-refractivity contribution in [3.05, 3.63) is 28.8 Å². The fourth-order valence-corrected chi connectivity index (χ4v) is 2.30. The van der Waals surface area contributed by atoms with Crippen LogP contribution in [0.5, 0.6) is 0 Å². The van der Waals surface area contributed by atoms with Gasteiger partial charge in [-0.15, -0.1) is 5.10 Å². The second-order valence-electron chi connectivity index (χ2n) is 3.86. The summed E-state index contributed by atoms with van der Waals surface area (Å²) in [6.07, 6.45) is 1.68. The Morgan fingerprint density at radius 1 is 1.44 bits per heavy atom. The molecule has 82 valence electrons. The number of aromatic nitrogens is 4. The monoisotopic (exact) mass is 235 g/mol. The minimum atomic E-state index is 0.499. The third-order valence-electron chi connectivity index (χ3n) is 2.81. The largest absolute Gasteiger partial charge is 0.364 e. The van der Waals surface area contributed by atoms with Crippen molar-refractivity contribution in [3.63, 3.8) is 0 Å². The smallest absolute Gasteiger partial charge is 0.154 e. The lowest BCUT2D eigenvalue weighted by molar-refractivity contribution is 0.714. The van der Waals surface area contributed by atoms with E-state index >= 15 is 0 Å². The van der Waals surface area contributed by atoms with E-state index in [1.165, 1.54) is 0 Å². The minimum absolute atomic E-state index is 0.499. The molecule has 3 heterocycles. The Morgan fingerprint density at radius 2 is 2.25 bits per heavy atom. The highest BCUT2D eigenvalue weighted by molar-refractivity contribution is 6.32. The van der Waals surface area contributed by atoms with E-state index in [0.29, 0.717) is 5.15 Å². The van der Waals surface area contributed by atoms with E-state index < -0.39 is 0 Å². The zero-order chi connectivity index (χ0) is 11.3. The van der Waals surface area contributed by atoms with Crippen molar-refractivity contribution in [1.82, 2.24) is 20.0 Å². The van der Waals surface area contributed by atoms with Crippen LogP contribution in [0.25, 0.3) is 5.69 Å². The summed E-state index contributed by atoms with van der Waals surface area (Å²) in [6, 6.07) is 1.90. The zero-order valence-electron chi connectivity index (χ0n) is 8.98. The molecule has 0 aliphatic carbocycles. The van der Waals surface area contributed by atoms with Crippen LogP contribution < -0.4 is 4.90 Å². The molecule has 1 aliphatic heterocycles. The van der Waals surface area contributed by atoms with E-state index in [2.05, 4.69) is 20.2 Å². The van der Waals surface area contributed by atoms with E-state index in [-0.39, 0.29) is 0 Å². The predicted molar refractivity (Wildman–Crippen MR) is 61.0 cm³/mol. The van der Waals surface area contributed by atoms with Crippen molar-refractivity contribution in [2.75, 3.05) is 11.9 Å². The first-order chi connectivity index (χ1) is 7.68. The Hall–Kier alpha value is -1.62. The topological polar surface area (TPSA) is 46.8 Å². The minimum Gasteiger partial charge on any atom is -0.364 e. The molecule has 3 rings (SSSR count). The van der Waals surface area contributed by atoms with Gasteiger partial charge in [0.1, 0.15) is 5.69 Å². The molecular formula is C10H10ClN5. The number of pyridine rings is 1. The lowest BCUT2D eigenvalue weighted by Gasteiger charge is -2.28. The number of hydrogen-bond acceptors (Lipinski definition) is 4. The highest BCUT2D eigenvalue weighted by atomic mass is 35.5. The Labute approximate surface area is 97.7 Å². The summed E-state index contributed by atoms with van der Waals surface area (Å²) in [5.41, 5.74) is 3.88. The first-order valence-electron chi connectivity index (χ1n) is 4.95. The number of hydrogen-bond donors (Lipinski definition) is 0. The Bertz CT molecular complexity index is 562. The molecule has 5 nitrogen and oxygen atoms in total. The quantitative estimate of drug-likeness (QED) is 0.651. The molecule has 0 atom stereocenters. The summed E-state index contributed by atoms with van der Waals surface area (Å²) in [6.45, 7) is 2.71. The molecule has 2 aromatic heterocycles. The molecule has 0 radical (unpaired) electrons. The van der Waals surface area contributed by atoms with Crippen LogP contribution in [0.1, 0.15) is 11.4 Å². The summed E-state index contributed by atoms with van der Waals surface area (Å²) in [5, 5.41) is 8.71. The fraction of sp³-hybridized carbons (Fsp3) is 0.300. The van der Waals surface area contributed by atoms with Crippen LogP contribution in [-0.4, -0.2) is 27.0 Å². The van der Waals surface area contributed by atoms with Crippen LogP contribution in [0.15, 0.2) is 12.3 Å². The lowest BCUT2D eigenvalue weighted by atomic mass is 10.2. The summed E-state index contributed by atoms with van der Waals surface area (Å²) >= 11 is 6.10. The average Bonchev–Trinajstić information content (AvgIpc) is 2.61. The van der Waals surface area contributed by atoms with Crippen molar-refractivity contribution >= 4 is 17.3 Å². The van der Waals surface area contributed by atoms with E-state index in [1.807, 2.05) is 24.7 Å². The van der Waals surface area contributed by atoms with E-state index in [1.54, 1.807) is 6.20 Å². The number of nitrogens with zero attached hydrogens (tertiary/aromatic N) is 5. The molecule has 0 saturated heterocycles. The number of aryl methyl sites for hydroxylation is 1. The van der Waals surface area contributed by atoms with Gasteiger partial charge in [-0.05, 0) is 13.0 Å². The van der Waals surface area contributed by atoms with Gasteiger partial charge in [-0.1, -0.05) is 16.8 Å². The second-order valence-corrected chi connectivity index (χ2v) is 4.22. The maximum Gasteiger partial charge on any atom is 0.154 e. The summed E-state index contributed by atoms with van der Waals surface area (Å²) in [7, 11) is 1.99. The van der Waals surface area contributed by atoms with Gasteiger partial charge in [-0.25, -0.2) is 9.67 Å². The molecule has 6 heteroatoms. The normalized spacial score (nSPS) is 13.6. The van der Waals surface area contributed by atoms with Gasteiger partial charge in [0, 0.05) is 13.2 Å². The van der Waals surface area contributed by atoms with Gasteiger partial charge in [0.05, 0.1) is 23.6 Å².